The van der Waals surface area contributed by atoms with Crippen LogP contribution >= 0.6 is 0 Å². The molecular weight excluding hydrogens is 180 g/mol. The maximum atomic E-state index is 11.5. The van der Waals surface area contributed by atoms with E-state index in [1.807, 2.05) is 6.92 Å². The Kier molecular flexibility index (Phi) is 4.07. The van der Waals surface area contributed by atoms with Crippen molar-refractivity contribution in [3.05, 3.63) is 24.0 Å². The highest BCUT2D eigenvalue weighted by molar-refractivity contribution is 5.97. The van der Waals surface area contributed by atoms with Crippen LogP contribution in [0.4, 0.5) is 0 Å². The molecule has 0 unspecified atom stereocenters. The molecule has 1 N–H and O–H groups in total. The summed E-state index contributed by atoms with van der Waals surface area (Å²) in [7, 11) is 1.55. The summed E-state index contributed by atoms with van der Waals surface area (Å²) in [6, 6.07) is 1.69. The fraction of sp³-hybridized carbons (Fsp3) is 0.400. The Morgan fingerprint density at radius 3 is 3.00 bits per heavy atom. The number of ether oxygens (including phenoxy) is 1. The van der Waals surface area contributed by atoms with E-state index >= 15 is 0 Å². The number of hydrogen-bond donors (Lipinski definition) is 1. The zero-order valence-electron chi connectivity index (χ0n) is 8.41. The molecule has 0 bridgehead atoms. The van der Waals surface area contributed by atoms with Gasteiger partial charge in [-0.25, -0.2) is 0 Å². The maximum Gasteiger partial charge on any atom is 0.178 e. The van der Waals surface area contributed by atoms with E-state index in [0.717, 1.165) is 6.54 Å². The lowest BCUT2D eigenvalue weighted by atomic mass is 10.2. The van der Waals surface area contributed by atoms with Crippen molar-refractivity contribution in [3.8, 4) is 5.75 Å². The molecule has 0 radical (unpaired) electrons. The molecule has 14 heavy (non-hydrogen) atoms. The summed E-state index contributed by atoms with van der Waals surface area (Å²) in [6.07, 6.45) is 3.12. The molecule has 4 nitrogen and oxygen atoms in total. The third kappa shape index (κ3) is 2.81. The van der Waals surface area contributed by atoms with Crippen LogP contribution in [-0.4, -0.2) is 31.0 Å². The van der Waals surface area contributed by atoms with Crippen molar-refractivity contribution in [3.63, 3.8) is 0 Å². The average molecular weight is 194 g/mol. The zero-order valence-corrected chi connectivity index (χ0v) is 8.41. The number of methoxy groups -OCH3 is 1. The van der Waals surface area contributed by atoms with E-state index in [9.17, 15) is 4.79 Å². The van der Waals surface area contributed by atoms with E-state index in [-0.39, 0.29) is 5.78 Å². The minimum atomic E-state index is 0.0262. The number of Topliss-reactive ketones (excluding diaryl/α,β-unsaturated/α-hetero) is 1. The van der Waals surface area contributed by atoms with Gasteiger partial charge in [0.15, 0.2) is 5.78 Å². The SMILES string of the molecule is CCNCC(=O)c1cncc(OC)c1. The van der Waals surface area contributed by atoms with Crippen LogP contribution in [-0.2, 0) is 0 Å². The molecule has 0 atom stereocenters. The van der Waals surface area contributed by atoms with Crippen LogP contribution in [0.5, 0.6) is 5.75 Å². The Bertz CT molecular complexity index is 313. The first-order valence-electron chi connectivity index (χ1n) is 4.51. The predicted octanol–water partition coefficient (Wildman–Crippen LogP) is 0.882. The highest BCUT2D eigenvalue weighted by Gasteiger charge is 2.05. The smallest absolute Gasteiger partial charge is 0.178 e. The Labute approximate surface area is 83.3 Å². The quantitative estimate of drug-likeness (QED) is 0.707. The van der Waals surface area contributed by atoms with Crippen LogP contribution < -0.4 is 10.1 Å². The molecule has 0 aromatic carbocycles. The van der Waals surface area contributed by atoms with E-state index < -0.39 is 0 Å². The maximum absolute atomic E-state index is 11.5. The summed E-state index contributed by atoms with van der Waals surface area (Å²) >= 11 is 0. The molecule has 0 spiro atoms. The van der Waals surface area contributed by atoms with Gasteiger partial charge < -0.3 is 10.1 Å². The van der Waals surface area contributed by atoms with Crippen molar-refractivity contribution in [2.24, 2.45) is 0 Å². The number of carbonyl (C=O) groups is 1. The summed E-state index contributed by atoms with van der Waals surface area (Å²) < 4.78 is 4.97. The van der Waals surface area contributed by atoms with Gasteiger partial charge in [0.2, 0.25) is 0 Å². The molecule has 1 heterocycles. The Morgan fingerprint density at radius 2 is 2.36 bits per heavy atom. The van der Waals surface area contributed by atoms with Crippen LogP contribution in [0.2, 0.25) is 0 Å². The second kappa shape index (κ2) is 5.34. The van der Waals surface area contributed by atoms with Gasteiger partial charge >= 0.3 is 0 Å². The van der Waals surface area contributed by atoms with Gasteiger partial charge in [-0.05, 0) is 12.6 Å². The molecule has 1 aromatic heterocycles. The molecule has 0 fully saturated rings. The number of rotatable bonds is 5. The van der Waals surface area contributed by atoms with E-state index in [4.69, 9.17) is 4.74 Å². The van der Waals surface area contributed by atoms with Gasteiger partial charge in [-0.3, -0.25) is 9.78 Å². The number of nitrogens with one attached hydrogen (secondary N) is 1. The molecule has 1 aromatic rings. The van der Waals surface area contributed by atoms with Gasteiger partial charge in [-0.15, -0.1) is 0 Å². The first-order valence-corrected chi connectivity index (χ1v) is 4.51. The van der Waals surface area contributed by atoms with Crippen LogP contribution in [0.3, 0.4) is 0 Å². The molecule has 4 heteroatoms. The molecule has 0 saturated heterocycles. The third-order valence-corrected chi connectivity index (χ3v) is 1.81. The highest BCUT2D eigenvalue weighted by Crippen LogP contribution is 2.10. The Balaban J connectivity index is 2.69. The summed E-state index contributed by atoms with van der Waals surface area (Å²) in [5.41, 5.74) is 0.574. The van der Waals surface area contributed by atoms with Gasteiger partial charge in [-0.1, -0.05) is 6.92 Å². The minimum absolute atomic E-state index is 0.0262. The van der Waals surface area contributed by atoms with E-state index in [1.54, 1.807) is 25.6 Å². The molecule has 0 aliphatic rings. The number of likely N-dealkylation sites (N-methyl/N-ethyl adjacent to an activating group) is 1. The monoisotopic (exact) mass is 194 g/mol. The molecule has 0 aliphatic carbocycles. The summed E-state index contributed by atoms with van der Waals surface area (Å²) in [6.45, 7) is 3.07. The van der Waals surface area contributed by atoms with E-state index in [2.05, 4.69) is 10.3 Å². The standard InChI is InChI=1S/C10H14N2O2/c1-3-11-7-10(13)8-4-9(14-2)6-12-5-8/h4-6,11H,3,7H2,1-2H3. The van der Waals surface area contributed by atoms with Crippen molar-refractivity contribution in [2.45, 2.75) is 6.92 Å². The van der Waals surface area contributed by atoms with Gasteiger partial charge in [0.1, 0.15) is 5.75 Å². The predicted molar refractivity (Wildman–Crippen MR) is 53.7 cm³/mol. The fourth-order valence-electron chi connectivity index (χ4n) is 1.02. The molecule has 0 saturated carbocycles. The third-order valence-electron chi connectivity index (χ3n) is 1.81. The number of pyridine rings is 1. The normalized spacial score (nSPS) is 9.86. The van der Waals surface area contributed by atoms with Crippen molar-refractivity contribution in [1.29, 1.82) is 0 Å². The van der Waals surface area contributed by atoms with Crippen molar-refractivity contribution >= 4 is 5.78 Å². The summed E-state index contributed by atoms with van der Waals surface area (Å²) in [5.74, 6) is 0.630. The molecule has 1 rings (SSSR count). The lowest BCUT2D eigenvalue weighted by Crippen LogP contribution is -2.22. The van der Waals surface area contributed by atoms with Crippen molar-refractivity contribution in [2.75, 3.05) is 20.2 Å². The van der Waals surface area contributed by atoms with Crippen molar-refractivity contribution in [1.82, 2.24) is 10.3 Å². The lowest BCUT2D eigenvalue weighted by Gasteiger charge is -2.03. The second-order valence-electron chi connectivity index (χ2n) is 2.82. The van der Waals surface area contributed by atoms with Gasteiger partial charge in [0, 0.05) is 11.8 Å². The highest BCUT2D eigenvalue weighted by atomic mass is 16.5. The van der Waals surface area contributed by atoms with Crippen molar-refractivity contribution < 1.29 is 9.53 Å². The molecular formula is C10H14N2O2. The first-order chi connectivity index (χ1) is 6.77. The first kappa shape index (κ1) is 10.7. The topological polar surface area (TPSA) is 51.2 Å². The molecule has 76 valence electrons. The minimum Gasteiger partial charge on any atom is -0.495 e. The largest absolute Gasteiger partial charge is 0.495 e. The number of hydrogen-bond acceptors (Lipinski definition) is 4. The molecule has 0 amide bonds. The van der Waals surface area contributed by atoms with Crippen LogP contribution in [0.1, 0.15) is 17.3 Å². The average Bonchev–Trinajstić information content (AvgIpc) is 2.26. The summed E-state index contributed by atoms with van der Waals surface area (Å²) in [5, 5.41) is 2.97. The van der Waals surface area contributed by atoms with Gasteiger partial charge in [0.05, 0.1) is 19.9 Å². The lowest BCUT2D eigenvalue weighted by molar-refractivity contribution is 0.0991. The van der Waals surface area contributed by atoms with Crippen LogP contribution in [0.25, 0.3) is 0 Å². The van der Waals surface area contributed by atoms with Crippen LogP contribution in [0.15, 0.2) is 18.5 Å². The Hall–Kier alpha value is -1.42. The van der Waals surface area contributed by atoms with Gasteiger partial charge in [-0.2, -0.15) is 0 Å². The van der Waals surface area contributed by atoms with Crippen LogP contribution in [0, 0.1) is 0 Å². The molecule has 0 aliphatic heterocycles. The number of aromatic nitrogens is 1. The fourth-order valence-corrected chi connectivity index (χ4v) is 1.02. The second-order valence-corrected chi connectivity index (χ2v) is 2.82. The van der Waals surface area contributed by atoms with E-state index in [1.165, 1.54) is 0 Å². The van der Waals surface area contributed by atoms with Gasteiger partial charge in [0.25, 0.3) is 0 Å². The number of carbonyl (C=O) groups excluding carboxylic acids is 1. The Morgan fingerprint density at radius 1 is 1.57 bits per heavy atom. The summed E-state index contributed by atoms with van der Waals surface area (Å²) in [4.78, 5) is 15.4. The number of ketones is 1. The number of nitrogens with zero attached hydrogens (tertiary/aromatic N) is 1. The zero-order chi connectivity index (χ0) is 10.4. The van der Waals surface area contributed by atoms with E-state index in [0.29, 0.717) is 17.9 Å².